The summed E-state index contributed by atoms with van der Waals surface area (Å²) in [5, 5.41) is 5.16. The van der Waals surface area contributed by atoms with E-state index in [4.69, 9.17) is 5.84 Å². The molecule has 1 aromatic heterocycles. The average Bonchev–Trinajstić information content (AvgIpc) is 2.46. The van der Waals surface area contributed by atoms with E-state index >= 15 is 0 Å². The van der Waals surface area contributed by atoms with Crippen LogP contribution in [0.25, 0.3) is 0 Å². The summed E-state index contributed by atoms with van der Waals surface area (Å²) in [4.78, 5) is 27.1. The summed E-state index contributed by atoms with van der Waals surface area (Å²) >= 11 is 0. The lowest BCUT2D eigenvalue weighted by molar-refractivity contribution is -0.120. The highest BCUT2D eigenvalue weighted by Crippen LogP contribution is 2.10. The maximum atomic E-state index is 11.9. The first-order valence-electron chi connectivity index (χ1n) is 6.07. The number of rotatable bonds is 6. The molecule has 1 aromatic rings. The number of carbonyl (C=O) groups excluding carboxylic acids is 2. The summed E-state index contributed by atoms with van der Waals surface area (Å²) < 4.78 is 0. The van der Waals surface area contributed by atoms with Crippen LogP contribution in [-0.4, -0.2) is 30.4 Å². The van der Waals surface area contributed by atoms with Gasteiger partial charge in [-0.25, -0.2) is 10.8 Å². The molecule has 0 aliphatic carbocycles. The van der Waals surface area contributed by atoms with Crippen LogP contribution < -0.4 is 21.9 Å². The number of anilines is 1. The van der Waals surface area contributed by atoms with Gasteiger partial charge in [0.25, 0.3) is 5.91 Å². The lowest BCUT2D eigenvalue weighted by Gasteiger charge is -2.08. The molecular formula is C12H19N5O2. The number of nitrogen functional groups attached to an aromatic ring is 1. The summed E-state index contributed by atoms with van der Waals surface area (Å²) in [6.45, 7) is 2.23. The van der Waals surface area contributed by atoms with Crippen molar-refractivity contribution in [3.63, 3.8) is 0 Å². The molecule has 0 aliphatic rings. The van der Waals surface area contributed by atoms with E-state index in [0.29, 0.717) is 17.8 Å². The van der Waals surface area contributed by atoms with Crippen LogP contribution in [0.1, 0.15) is 29.4 Å². The minimum absolute atomic E-state index is 0.117. The van der Waals surface area contributed by atoms with Crippen LogP contribution >= 0.6 is 0 Å². The highest BCUT2D eigenvalue weighted by Gasteiger charge is 2.09. The number of amides is 2. The van der Waals surface area contributed by atoms with Crippen molar-refractivity contribution in [1.82, 2.24) is 15.6 Å². The predicted octanol–water partition coefficient (Wildman–Crippen LogP) is -0.204. The Balaban J connectivity index is 2.68. The molecule has 0 unspecified atom stereocenters. The molecular weight excluding hydrogens is 246 g/mol. The van der Waals surface area contributed by atoms with Gasteiger partial charge in [0.1, 0.15) is 5.82 Å². The van der Waals surface area contributed by atoms with Gasteiger partial charge >= 0.3 is 0 Å². The number of carbonyl (C=O) groups is 2. The minimum Gasteiger partial charge on any atom is -0.359 e. The number of hydrogen-bond acceptors (Lipinski definition) is 5. The molecule has 7 nitrogen and oxygen atoms in total. The van der Waals surface area contributed by atoms with Gasteiger partial charge in [-0.3, -0.25) is 9.59 Å². The van der Waals surface area contributed by atoms with Gasteiger partial charge in [-0.2, -0.15) is 0 Å². The molecule has 0 atom stereocenters. The van der Waals surface area contributed by atoms with Crippen molar-refractivity contribution in [1.29, 1.82) is 0 Å². The molecule has 1 heterocycles. The first-order valence-corrected chi connectivity index (χ1v) is 6.07. The topological polar surface area (TPSA) is 109 Å². The van der Waals surface area contributed by atoms with Gasteiger partial charge in [0.05, 0.1) is 0 Å². The fraction of sp³-hybridized carbons (Fsp3) is 0.417. The van der Waals surface area contributed by atoms with Gasteiger partial charge in [0, 0.05) is 31.3 Å². The Hall–Kier alpha value is -2.15. The summed E-state index contributed by atoms with van der Waals surface area (Å²) in [7, 11) is 1.56. The lowest BCUT2D eigenvalue weighted by atomic mass is 10.2. The maximum Gasteiger partial charge on any atom is 0.251 e. The van der Waals surface area contributed by atoms with Gasteiger partial charge in [0.2, 0.25) is 5.91 Å². The first kappa shape index (κ1) is 14.9. The van der Waals surface area contributed by atoms with E-state index in [-0.39, 0.29) is 24.8 Å². The van der Waals surface area contributed by atoms with Crippen LogP contribution in [0, 0.1) is 0 Å². The van der Waals surface area contributed by atoms with E-state index in [2.05, 4.69) is 21.0 Å². The molecule has 7 heteroatoms. The van der Waals surface area contributed by atoms with Gasteiger partial charge in [-0.15, -0.1) is 0 Å². The van der Waals surface area contributed by atoms with E-state index in [9.17, 15) is 9.59 Å². The van der Waals surface area contributed by atoms with Crippen molar-refractivity contribution in [2.24, 2.45) is 5.84 Å². The van der Waals surface area contributed by atoms with Crippen molar-refractivity contribution in [2.75, 3.05) is 19.0 Å². The molecule has 19 heavy (non-hydrogen) atoms. The van der Waals surface area contributed by atoms with Crippen LogP contribution in [0.2, 0.25) is 0 Å². The number of nitrogens with zero attached hydrogens (tertiary/aromatic N) is 1. The van der Waals surface area contributed by atoms with Crippen molar-refractivity contribution in [2.45, 2.75) is 19.8 Å². The predicted molar refractivity (Wildman–Crippen MR) is 72.4 cm³/mol. The van der Waals surface area contributed by atoms with Crippen molar-refractivity contribution in [3.05, 3.63) is 23.4 Å². The zero-order valence-electron chi connectivity index (χ0n) is 11.1. The highest BCUT2D eigenvalue weighted by atomic mass is 16.2. The van der Waals surface area contributed by atoms with Gasteiger partial charge < -0.3 is 16.1 Å². The Morgan fingerprint density at radius 3 is 2.68 bits per heavy atom. The number of nitrogens with one attached hydrogen (secondary N) is 3. The molecule has 5 N–H and O–H groups in total. The second-order valence-corrected chi connectivity index (χ2v) is 3.91. The SMILES string of the molecule is CCc1cc(C(=O)NCCC(=O)NC)cc(NN)n1. The molecule has 0 saturated carbocycles. The third-order valence-corrected chi connectivity index (χ3v) is 2.57. The summed E-state index contributed by atoms with van der Waals surface area (Å²) in [5.74, 6) is 5.37. The molecule has 0 aliphatic heterocycles. The molecule has 0 aromatic carbocycles. The average molecular weight is 265 g/mol. The van der Waals surface area contributed by atoms with Gasteiger partial charge in [-0.1, -0.05) is 6.92 Å². The number of hydrogen-bond donors (Lipinski definition) is 4. The van der Waals surface area contributed by atoms with Crippen LogP contribution in [0.3, 0.4) is 0 Å². The Kier molecular flexibility index (Phi) is 5.74. The molecule has 0 radical (unpaired) electrons. The number of aromatic nitrogens is 1. The van der Waals surface area contributed by atoms with Gasteiger partial charge in [0.15, 0.2) is 0 Å². The fourth-order valence-corrected chi connectivity index (χ4v) is 1.49. The summed E-state index contributed by atoms with van der Waals surface area (Å²) in [6.07, 6.45) is 0.948. The largest absolute Gasteiger partial charge is 0.359 e. The molecule has 1 rings (SSSR count). The van der Waals surface area contributed by atoms with Crippen LogP contribution in [0.15, 0.2) is 12.1 Å². The fourth-order valence-electron chi connectivity index (χ4n) is 1.49. The Labute approximate surface area is 111 Å². The Bertz CT molecular complexity index is 439. The van der Waals surface area contributed by atoms with Gasteiger partial charge in [-0.05, 0) is 18.6 Å². The molecule has 2 amide bonds. The van der Waals surface area contributed by atoms with E-state index in [0.717, 1.165) is 5.69 Å². The number of aryl methyl sites for hydroxylation is 1. The van der Waals surface area contributed by atoms with Crippen molar-refractivity contribution >= 4 is 17.6 Å². The molecule has 104 valence electrons. The normalized spacial score (nSPS) is 9.84. The Morgan fingerprint density at radius 2 is 2.11 bits per heavy atom. The van der Waals surface area contributed by atoms with E-state index < -0.39 is 0 Å². The van der Waals surface area contributed by atoms with Crippen LogP contribution in [0.5, 0.6) is 0 Å². The van der Waals surface area contributed by atoms with E-state index in [1.54, 1.807) is 19.2 Å². The smallest absolute Gasteiger partial charge is 0.251 e. The standard InChI is InChI=1S/C12H19N5O2/c1-3-9-6-8(7-10(16-9)17-13)12(19)15-5-4-11(18)14-2/h6-7H,3-5,13H2,1-2H3,(H,14,18)(H,15,19)(H,16,17). The number of hydrazine groups is 1. The van der Waals surface area contributed by atoms with Crippen LogP contribution in [-0.2, 0) is 11.2 Å². The highest BCUT2D eigenvalue weighted by molar-refractivity contribution is 5.95. The first-order chi connectivity index (χ1) is 9.10. The Morgan fingerprint density at radius 1 is 1.37 bits per heavy atom. The van der Waals surface area contributed by atoms with Crippen molar-refractivity contribution < 1.29 is 9.59 Å². The third-order valence-electron chi connectivity index (χ3n) is 2.57. The third kappa shape index (κ3) is 4.55. The minimum atomic E-state index is -0.252. The quantitative estimate of drug-likeness (QED) is 0.420. The zero-order valence-corrected chi connectivity index (χ0v) is 11.1. The number of nitrogens with two attached hydrogens (primary N) is 1. The van der Waals surface area contributed by atoms with E-state index in [1.807, 2.05) is 6.92 Å². The van der Waals surface area contributed by atoms with E-state index in [1.165, 1.54) is 0 Å². The molecule has 0 saturated heterocycles. The second kappa shape index (κ2) is 7.32. The maximum absolute atomic E-state index is 11.9. The van der Waals surface area contributed by atoms with Crippen LogP contribution in [0.4, 0.5) is 5.82 Å². The monoisotopic (exact) mass is 265 g/mol. The summed E-state index contributed by atoms with van der Waals surface area (Å²) in [5.41, 5.74) is 3.66. The lowest BCUT2D eigenvalue weighted by Crippen LogP contribution is -2.29. The molecule has 0 bridgehead atoms. The molecule has 0 spiro atoms. The van der Waals surface area contributed by atoms with Crippen molar-refractivity contribution in [3.8, 4) is 0 Å². The number of pyridine rings is 1. The molecule has 0 fully saturated rings. The summed E-state index contributed by atoms with van der Waals surface area (Å²) in [6, 6.07) is 3.27. The second-order valence-electron chi connectivity index (χ2n) is 3.91. The zero-order chi connectivity index (χ0) is 14.3.